The first-order valence-corrected chi connectivity index (χ1v) is 5.73. The second-order valence-corrected chi connectivity index (χ2v) is 3.91. The van der Waals surface area contributed by atoms with Crippen LogP contribution in [0.1, 0.15) is 0 Å². The standard InChI is InChI=1S/C13H22N5.K/c1-7-11(13(16-3)17-4)12(14)10(8-15-2)9-18(5)6;/h7-9H,1,14H2,2-6H3;/q-1;+1/p+2/b10-9-,12-11-,15-8?;. The third-order valence-corrected chi connectivity index (χ3v) is 2.21. The second-order valence-electron chi connectivity index (χ2n) is 3.91. The third-order valence-electron chi connectivity index (χ3n) is 2.21. The molecule has 0 fully saturated rings. The van der Waals surface area contributed by atoms with Gasteiger partial charge in [-0.1, -0.05) is 32.6 Å². The summed E-state index contributed by atoms with van der Waals surface area (Å²) in [6.07, 6.45) is 5.51. The van der Waals surface area contributed by atoms with Gasteiger partial charge in [-0.15, -0.1) is 0 Å². The summed E-state index contributed by atoms with van der Waals surface area (Å²) in [5, 5.41) is 4.09. The van der Waals surface area contributed by atoms with Crippen molar-refractivity contribution in [3.8, 4) is 0 Å². The Morgan fingerprint density at radius 3 is 2.32 bits per heavy atom. The smallest absolute Gasteiger partial charge is 0.469 e. The van der Waals surface area contributed by atoms with E-state index in [1.807, 2.05) is 33.6 Å². The van der Waals surface area contributed by atoms with Gasteiger partial charge in [-0.25, -0.2) is 0 Å². The van der Waals surface area contributed by atoms with Crippen LogP contribution in [-0.4, -0.2) is 47.3 Å². The van der Waals surface area contributed by atoms with Crippen LogP contribution in [0, 0.1) is 0 Å². The summed E-state index contributed by atoms with van der Waals surface area (Å²) >= 11 is 0. The molecule has 0 bridgehead atoms. The van der Waals surface area contributed by atoms with E-state index >= 15 is 0 Å². The van der Waals surface area contributed by atoms with E-state index < -0.39 is 0 Å². The maximum Gasteiger partial charge on any atom is 1.00 e. The molecular formula is C13H24KN5+2. The number of rotatable bonds is 5. The summed E-state index contributed by atoms with van der Waals surface area (Å²) in [4.78, 5) is 8.23. The van der Waals surface area contributed by atoms with Crippen molar-refractivity contribution in [1.82, 2.24) is 0 Å². The summed E-state index contributed by atoms with van der Waals surface area (Å²) < 4.78 is 0. The molecule has 5 nitrogen and oxygen atoms in total. The first kappa shape index (κ1) is 21.1. The van der Waals surface area contributed by atoms with Crippen LogP contribution in [0.5, 0.6) is 0 Å². The normalized spacial score (nSPS) is 14.2. The molecule has 0 rings (SSSR count). The Hall–Kier alpha value is -0.244. The van der Waals surface area contributed by atoms with Crippen LogP contribution in [0.4, 0.5) is 0 Å². The zero-order valence-corrected chi connectivity index (χ0v) is 16.0. The molecule has 0 saturated carbocycles. The largest absolute Gasteiger partial charge is 1.00 e. The number of nitrogens with zero attached hydrogens (tertiary/aromatic N) is 2. The van der Waals surface area contributed by atoms with Gasteiger partial charge in [0.1, 0.15) is 18.8 Å². The predicted molar refractivity (Wildman–Crippen MR) is 77.9 cm³/mol. The molecule has 0 aromatic heterocycles. The molecule has 0 aromatic carbocycles. The van der Waals surface area contributed by atoms with Crippen LogP contribution < -0.4 is 67.0 Å². The van der Waals surface area contributed by atoms with E-state index in [0.29, 0.717) is 11.5 Å². The SMILES string of the molecule is C=C/C(C(=NC)[N-]C)=C(N)\C(C=[NH+]C)=C/[NH+](C)C.[K+]. The molecule has 100 valence electrons. The van der Waals surface area contributed by atoms with Crippen LogP contribution >= 0.6 is 0 Å². The molecule has 19 heavy (non-hydrogen) atoms. The van der Waals surface area contributed by atoms with Gasteiger partial charge in [0.2, 0.25) is 0 Å². The van der Waals surface area contributed by atoms with Gasteiger partial charge in [-0.3, -0.25) is 4.99 Å². The zero-order chi connectivity index (χ0) is 14.1. The molecule has 0 aliphatic carbocycles. The van der Waals surface area contributed by atoms with Crippen molar-refractivity contribution in [2.24, 2.45) is 10.7 Å². The van der Waals surface area contributed by atoms with E-state index in [2.05, 4.69) is 21.9 Å². The fourth-order valence-electron chi connectivity index (χ4n) is 1.48. The number of allylic oxidation sites excluding steroid dienone is 1. The van der Waals surface area contributed by atoms with Gasteiger partial charge in [0.25, 0.3) is 0 Å². The fourth-order valence-corrected chi connectivity index (χ4v) is 1.48. The minimum atomic E-state index is 0. The van der Waals surface area contributed by atoms with Crippen LogP contribution in [0.25, 0.3) is 5.32 Å². The maximum atomic E-state index is 6.17. The summed E-state index contributed by atoms with van der Waals surface area (Å²) in [7, 11) is 9.23. The number of hydrogen-bond acceptors (Lipinski definition) is 2. The number of aliphatic imine (C=N–C) groups is 1. The molecular weight excluding hydrogens is 265 g/mol. The van der Waals surface area contributed by atoms with E-state index in [1.165, 1.54) is 0 Å². The van der Waals surface area contributed by atoms with Gasteiger partial charge in [0.15, 0.2) is 6.21 Å². The Bertz CT molecular complexity index is 405. The number of likely N-dealkylation sites (N-methyl/N-ethyl adjacent to an activating group) is 1. The summed E-state index contributed by atoms with van der Waals surface area (Å²) in [5.74, 6) is 0.589. The summed E-state index contributed by atoms with van der Waals surface area (Å²) in [6.45, 7) is 3.77. The van der Waals surface area contributed by atoms with Crippen molar-refractivity contribution in [1.29, 1.82) is 0 Å². The number of hydrogen-bond donors (Lipinski definition) is 3. The zero-order valence-electron chi connectivity index (χ0n) is 12.9. The predicted octanol–water partition coefficient (Wildman–Crippen LogP) is -4.77. The van der Waals surface area contributed by atoms with Crippen LogP contribution in [-0.2, 0) is 0 Å². The van der Waals surface area contributed by atoms with Crippen molar-refractivity contribution >= 4 is 12.1 Å². The molecule has 0 aliphatic rings. The Kier molecular flexibility index (Phi) is 12.8. The van der Waals surface area contributed by atoms with Gasteiger partial charge < -0.3 is 20.9 Å². The third kappa shape index (κ3) is 7.19. The van der Waals surface area contributed by atoms with Crippen molar-refractivity contribution in [3.05, 3.63) is 41.0 Å². The average molecular weight is 289 g/mol. The van der Waals surface area contributed by atoms with Crippen molar-refractivity contribution in [3.63, 3.8) is 0 Å². The first-order valence-electron chi connectivity index (χ1n) is 5.73. The number of nitrogens with two attached hydrogens (primary N) is 1. The summed E-state index contributed by atoms with van der Waals surface area (Å²) in [5.41, 5.74) is 8.40. The average Bonchev–Trinajstić information content (AvgIpc) is 2.34. The summed E-state index contributed by atoms with van der Waals surface area (Å²) in [6, 6.07) is 0. The minimum absolute atomic E-state index is 0. The number of amidine groups is 1. The monoisotopic (exact) mass is 289 g/mol. The molecule has 0 saturated heterocycles. The first-order chi connectivity index (χ1) is 8.51. The second kappa shape index (κ2) is 11.6. The quantitative estimate of drug-likeness (QED) is 0.202. The molecule has 0 aliphatic heterocycles. The van der Waals surface area contributed by atoms with Crippen molar-refractivity contribution in [2.75, 3.05) is 35.2 Å². The van der Waals surface area contributed by atoms with Crippen molar-refractivity contribution < 1.29 is 61.3 Å². The van der Waals surface area contributed by atoms with Gasteiger partial charge in [-0.2, -0.15) is 0 Å². The number of quaternary nitrogens is 1. The molecule has 0 aromatic rings. The van der Waals surface area contributed by atoms with E-state index in [4.69, 9.17) is 5.73 Å². The maximum absolute atomic E-state index is 6.17. The van der Waals surface area contributed by atoms with Gasteiger partial charge >= 0.3 is 51.4 Å². The molecule has 0 heterocycles. The van der Waals surface area contributed by atoms with Gasteiger partial charge in [0, 0.05) is 0 Å². The Balaban J connectivity index is 0. The Labute approximate surface area is 158 Å². The molecule has 0 atom stereocenters. The van der Waals surface area contributed by atoms with Gasteiger partial charge in [-0.05, 0) is 5.57 Å². The minimum Gasteiger partial charge on any atom is -0.469 e. The molecule has 4 N–H and O–H groups in total. The molecule has 0 unspecified atom stereocenters. The fraction of sp³-hybridized carbons (Fsp3) is 0.385. The Morgan fingerprint density at radius 2 is 2.00 bits per heavy atom. The molecule has 0 radical (unpaired) electrons. The van der Waals surface area contributed by atoms with E-state index in [9.17, 15) is 0 Å². The number of nitrogens with one attached hydrogen (secondary N) is 2. The van der Waals surface area contributed by atoms with E-state index in [0.717, 1.165) is 16.0 Å². The van der Waals surface area contributed by atoms with Crippen LogP contribution in [0.2, 0.25) is 0 Å². The van der Waals surface area contributed by atoms with Crippen LogP contribution in [0.15, 0.2) is 40.7 Å². The molecule has 0 spiro atoms. The van der Waals surface area contributed by atoms with Crippen molar-refractivity contribution in [2.45, 2.75) is 0 Å². The topological polar surface area (TPSA) is 70.9 Å². The molecule has 6 heteroatoms. The van der Waals surface area contributed by atoms with Gasteiger partial charge in [0.05, 0.1) is 19.8 Å². The van der Waals surface area contributed by atoms with E-state index in [-0.39, 0.29) is 51.4 Å². The molecule has 0 amide bonds. The Morgan fingerprint density at radius 1 is 1.42 bits per heavy atom. The van der Waals surface area contributed by atoms with E-state index in [1.54, 1.807) is 20.2 Å². The van der Waals surface area contributed by atoms with Crippen LogP contribution in [0.3, 0.4) is 0 Å².